The standard InChI is InChI=1S/C10H12ClFN2S/c1-6(14(2)3)15-10-5-9(13)8(12)4-7(10)11/h4-5H,1,13H2,2-3H3. The number of nitrogens with zero attached hydrogens (tertiary/aromatic N) is 1. The van der Waals surface area contributed by atoms with Gasteiger partial charge in [-0.25, -0.2) is 4.39 Å². The fourth-order valence-electron chi connectivity index (χ4n) is 0.841. The van der Waals surface area contributed by atoms with Crippen molar-refractivity contribution in [2.45, 2.75) is 4.90 Å². The van der Waals surface area contributed by atoms with Crippen LogP contribution in [0, 0.1) is 5.82 Å². The molecule has 0 radical (unpaired) electrons. The van der Waals surface area contributed by atoms with Gasteiger partial charge in [-0.3, -0.25) is 0 Å². The molecule has 1 aromatic carbocycles. The van der Waals surface area contributed by atoms with E-state index in [1.165, 1.54) is 23.9 Å². The zero-order valence-electron chi connectivity index (χ0n) is 8.55. The molecule has 0 saturated carbocycles. The zero-order chi connectivity index (χ0) is 11.6. The van der Waals surface area contributed by atoms with Crippen molar-refractivity contribution >= 4 is 29.1 Å². The summed E-state index contributed by atoms with van der Waals surface area (Å²) in [5.74, 6) is -0.500. The van der Waals surface area contributed by atoms with E-state index >= 15 is 0 Å². The van der Waals surface area contributed by atoms with Gasteiger partial charge >= 0.3 is 0 Å². The number of hydrogen-bond donors (Lipinski definition) is 1. The lowest BCUT2D eigenvalue weighted by molar-refractivity contribution is 0.552. The van der Waals surface area contributed by atoms with Crippen molar-refractivity contribution in [3.63, 3.8) is 0 Å². The maximum Gasteiger partial charge on any atom is 0.147 e. The number of nitrogen functional groups attached to an aromatic ring is 1. The van der Waals surface area contributed by atoms with Gasteiger partial charge in [0.05, 0.1) is 15.7 Å². The first-order valence-electron chi connectivity index (χ1n) is 4.20. The highest BCUT2D eigenvalue weighted by atomic mass is 35.5. The summed E-state index contributed by atoms with van der Waals surface area (Å²) in [4.78, 5) is 2.55. The minimum absolute atomic E-state index is 0.0912. The maximum atomic E-state index is 13.0. The Kier molecular flexibility index (Phi) is 3.88. The number of hydrogen-bond acceptors (Lipinski definition) is 3. The van der Waals surface area contributed by atoms with Crippen molar-refractivity contribution in [2.24, 2.45) is 0 Å². The van der Waals surface area contributed by atoms with Gasteiger partial charge in [-0.1, -0.05) is 29.9 Å². The van der Waals surface area contributed by atoms with Gasteiger partial charge in [-0.05, 0) is 12.1 Å². The molecule has 2 N–H and O–H groups in total. The molecule has 0 atom stereocenters. The minimum Gasteiger partial charge on any atom is -0.396 e. The predicted octanol–water partition coefficient (Wildman–Crippen LogP) is 3.19. The minimum atomic E-state index is -0.500. The van der Waals surface area contributed by atoms with E-state index in [1.54, 1.807) is 0 Å². The number of thioether (sulfide) groups is 1. The first-order chi connectivity index (χ1) is 6.91. The first-order valence-corrected chi connectivity index (χ1v) is 5.40. The Hall–Kier alpha value is -0.870. The third-order valence-corrected chi connectivity index (χ3v) is 3.36. The monoisotopic (exact) mass is 246 g/mol. The summed E-state index contributed by atoms with van der Waals surface area (Å²) >= 11 is 7.23. The van der Waals surface area contributed by atoms with E-state index < -0.39 is 5.82 Å². The second-order valence-electron chi connectivity index (χ2n) is 3.19. The second-order valence-corrected chi connectivity index (χ2v) is 4.72. The fourth-order valence-corrected chi connectivity index (χ4v) is 1.89. The van der Waals surface area contributed by atoms with Crippen LogP contribution in [-0.2, 0) is 0 Å². The van der Waals surface area contributed by atoms with Gasteiger partial charge in [0.15, 0.2) is 0 Å². The van der Waals surface area contributed by atoms with Gasteiger partial charge in [-0.2, -0.15) is 0 Å². The SMILES string of the molecule is C=C(Sc1cc(N)c(F)cc1Cl)N(C)C. The largest absolute Gasteiger partial charge is 0.396 e. The van der Waals surface area contributed by atoms with E-state index in [9.17, 15) is 4.39 Å². The fraction of sp³-hybridized carbons (Fsp3) is 0.200. The summed E-state index contributed by atoms with van der Waals surface area (Å²) in [5, 5.41) is 1.15. The van der Waals surface area contributed by atoms with Crippen LogP contribution < -0.4 is 5.73 Å². The van der Waals surface area contributed by atoms with Crippen LogP contribution >= 0.6 is 23.4 Å². The molecule has 0 unspecified atom stereocenters. The molecule has 0 fully saturated rings. The molecule has 5 heteroatoms. The van der Waals surface area contributed by atoms with Crippen LogP contribution in [0.1, 0.15) is 0 Å². The number of halogens is 2. The van der Waals surface area contributed by atoms with Gasteiger partial charge in [0.1, 0.15) is 5.82 Å². The third-order valence-electron chi connectivity index (χ3n) is 1.78. The smallest absolute Gasteiger partial charge is 0.147 e. The molecule has 0 heterocycles. The summed E-state index contributed by atoms with van der Waals surface area (Å²) in [6.07, 6.45) is 0. The van der Waals surface area contributed by atoms with Crippen molar-refractivity contribution in [2.75, 3.05) is 19.8 Å². The van der Waals surface area contributed by atoms with Crippen LogP contribution in [-0.4, -0.2) is 19.0 Å². The lowest BCUT2D eigenvalue weighted by Gasteiger charge is -2.15. The molecule has 2 nitrogen and oxygen atoms in total. The van der Waals surface area contributed by atoms with Crippen molar-refractivity contribution in [3.05, 3.63) is 34.6 Å². The summed E-state index contributed by atoms with van der Waals surface area (Å²) in [5.41, 5.74) is 5.54. The lowest BCUT2D eigenvalue weighted by Crippen LogP contribution is -2.06. The maximum absolute atomic E-state index is 13.0. The summed E-state index contributed by atoms with van der Waals surface area (Å²) in [6, 6.07) is 2.72. The molecule has 0 aliphatic carbocycles. The zero-order valence-corrected chi connectivity index (χ0v) is 10.1. The Labute approximate surface area is 97.9 Å². The van der Waals surface area contributed by atoms with Crippen LogP contribution in [0.3, 0.4) is 0 Å². The molecule has 0 aliphatic rings. The van der Waals surface area contributed by atoms with Gasteiger partial charge in [-0.15, -0.1) is 0 Å². The quantitative estimate of drug-likeness (QED) is 0.656. The van der Waals surface area contributed by atoms with Gasteiger partial charge < -0.3 is 10.6 Å². The van der Waals surface area contributed by atoms with E-state index in [4.69, 9.17) is 17.3 Å². The highest BCUT2D eigenvalue weighted by Gasteiger charge is 2.09. The van der Waals surface area contributed by atoms with Crippen molar-refractivity contribution in [1.82, 2.24) is 4.90 Å². The van der Waals surface area contributed by atoms with Gasteiger partial charge in [0.2, 0.25) is 0 Å². The van der Waals surface area contributed by atoms with Gasteiger partial charge in [0.25, 0.3) is 0 Å². The lowest BCUT2D eigenvalue weighted by atomic mass is 10.3. The van der Waals surface area contributed by atoms with E-state index in [2.05, 4.69) is 6.58 Å². The molecule has 0 spiro atoms. The second kappa shape index (κ2) is 4.77. The molecule has 0 aliphatic heterocycles. The number of benzene rings is 1. The molecular formula is C10H12ClFN2S. The van der Waals surface area contributed by atoms with Crippen molar-refractivity contribution < 1.29 is 4.39 Å². The highest BCUT2D eigenvalue weighted by Crippen LogP contribution is 2.34. The van der Waals surface area contributed by atoms with Gasteiger partial charge in [0, 0.05) is 19.0 Å². The van der Waals surface area contributed by atoms with Crippen LogP contribution in [0.15, 0.2) is 28.6 Å². The third kappa shape index (κ3) is 3.04. The Morgan fingerprint density at radius 3 is 2.67 bits per heavy atom. The van der Waals surface area contributed by atoms with E-state index in [0.29, 0.717) is 9.92 Å². The average molecular weight is 247 g/mol. The Morgan fingerprint density at radius 1 is 1.53 bits per heavy atom. The Balaban J connectivity index is 2.96. The number of anilines is 1. The average Bonchev–Trinajstić information content (AvgIpc) is 2.13. The molecule has 0 bridgehead atoms. The Bertz CT molecular complexity index is 393. The Morgan fingerprint density at radius 2 is 2.13 bits per heavy atom. The summed E-state index contributed by atoms with van der Waals surface area (Å²) in [7, 11) is 3.74. The molecule has 1 aromatic rings. The van der Waals surface area contributed by atoms with Crippen LogP contribution in [0.5, 0.6) is 0 Å². The summed E-state index contributed by atoms with van der Waals surface area (Å²) in [6.45, 7) is 3.84. The van der Waals surface area contributed by atoms with Crippen molar-refractivity contribution in [3.8, 4) is 0 Å². The molecule has 0 amide bonds. The van der Waals surface area contributed by atoms with Crippen molar-refractivity contribution in [1.29, 1.82) is 0 Å². The topological polar surface area (TPSA) is 29.3 Å². The molecule has 82 valence electrons. The van der Waals surface area contributed by atoms with E-state index in [-0.39, 0.29) is 5.69 Å². The first kappa shape index (κ1) is 12.2. The molecule has 15 heavy (non-hydrogen) atoms. The summed E-state index contributed by atoms with van der Waals surface area (Å²) < 4.78 is 13.0. The van der Waals surface area contributed by atoms with E-state index in [1.807, 2.05) is 19.0 Å². The van der Waals surface area contributed by atoms with Crippen LogP contribution in [0.25, 0.3) is 0 Å². The number of rotatable bonds is 3. The predicted molar refractivity (Wildman–Crippen MR) is 64.5 cm³/mol. The molecule has 0 aromatic heterocycles. The normalized spacial score (nSPS) is 10.1. The number of nitrogens with two attached hydrogens (primary N) is 1. The molecule has 1 rings (SSSR count). The van der Waals surface area contributed by atoms with E-state index in [0.717, 1.165) is 5.03 Å². The molecular weight excluding hydrogens is 235 g/mol. The molecule has 0 saturated heterocycles. The van der Waals surface area contributed by atoms with Crippen LogP contribution in [0.4, 0.5) is 10.1 Å². The van der Waals surface area contributed by atoms with Crippen LogP contribution in [0.2, 0.25) is 5.02 Å². The highest BCUT2D eigenvalue weighted by molar-refractivity contribution is 8.03.